The van der Waals surface area contributed by atoms with Gasteiger partial charge in [-0.25, -0.2) is 29.1 Å². The number of hydrogen-bond acceptors (Lipinski definition) is 10. The lowest BCUT2D eigenvalue weighted by atomic mass is 9.76. The van der Waals surface area contributed by atoms with Crippen molar-refractivity contribution in [1.82, 2.24) is 0 Å². The lowest BCUT2D eigenvalue weighted by Crippen LogP contribution is -2.28. The van der Waals surface area contributed by atoms with E-state index in [9.17, 15) is 19.2 Å². The highest BCUT2D eigenvalue weighted by molar-refractivity contribution is 6.59. The molecule has 0 heterocycles. The van der Waals surface area contributed by atoms with Gasteiger partial charge in [-0.05, 0) is 120 Å². The largest absolute Gasteiger partial charge is 0.550 e. The second-order valence-electron chi connectivity index (χ2n) is 14.1. The molecule has 2 saturated carbocycles. The topological polar surface area (TPSA) is 124 Å². The summed E-state index contributed by atoms with van der Waals surface area (Å²) in [6.45, 7) is 8.65. The van der Waals surface area contributed by atoms with Gasteiger partial charge in [0.1, 0.15) is 12.2 Å². The van der Waals surface area contributed by atoms with Crippen LogP contribution in [-0.4, -0.2) is 55.5 Å². The van der Waals surface area contributed by atoms with E-state index in [-0.39, 0.29) is 12.2 Å². The Labute approximate surface area is 318 Å². The zero-order valence-electron chi connectivity index (χ0n) is 31.8. The smallest absolute Gasteiger partial charge is 0.428 e. The van der Waals surface area contributed by atoms with Crippen LogP contribution in [0.1, 0.15) is 132 Å². The number of carbonyl (C=O) groups is 4. The quantitative estimate of drug-likeness (QED) is 0.0836. The molecule has 0 N–H and O–H groups in total. The summed E-state index contributed by atoms with van der Waals surface area (Å²) in [6.07, 6.45) is 9.29. The molecule has 0 amide bonds. The number of allylic oxidation sites excluding steroid dienone is 2. The summed E-state index contributed by atoms with van der Waals surface area (Å²) in [5.74, 6) is -0.440. The second-order valence-corrected chi connectivity index (χ2v) is 17.4. The van der Waals surface area contributed by atoms with Crippen LogP contribution >= 0.6 is 0 Å². The van der Waals surface area contributed by atoms with Crippen molar-refractivity contribution in [3.8, 4) is 0 Å². The van der Waals surface area contributed by atoms with Crippen LogP contribution in [-0.2, 0) is 29.0 Å². The number of ether oxygens (including phenoxy) is 2. The van der Waals surface area contributed by atoms with Crippen molar-refractivity contribution in [3.63, 3.8) is 0 Å². The molecule has 2 aliphatic rings. The Morgan fingerprint density at radius 2 is 0.868 bits per heavy atom. The fourth-order valence-corrected chi connectivity index (χ4v) is 10.4. The zero-order valence-corrected chi connectivity index (χ0v) is 34.6. The lowest BCUT2D eigenvalue weighted by Gasteiger charge is -2.33. The number of rotatable bonds is 14. The van der Waals surface area contributed by atoms with Gasteiger partial charge in [0.2, 0.25) is 0 Å². The fourth-order valence-electron chi connectivity index (χ4n) is 7.15. The van der Waals surface area contributed by atoms with Crippen LogP contribution in [0.5, 0.6) is 0 Å². The van der Waals surface area contributed by atoms with Crippen molar-refractivity contribution in [2.45, 2.75) is 123 Å². The van der Waals surface area contributed by atoms with Gasteiger partial charge >= 0.3 is 24.2 Å². The van der Waals surface area contributed by atoms with Gasteiger partial charge in [0.15, 0.2) is 0 Å². The third kappa shape index (κ3) is 14.3. The van der Waals surface area contributed by atoms with Gasteiger partial charge in [-0.1, -0.05) is 84.9 Å². The molecule has 53 heavy (non-hydrogen) atoms. The van der Waals surface area contributed by atoms with E-state index in [0.717, 1.165) is 83.5 Å². The Balaban J connectivity index is 1.06. The maximum Gasteiger partial charge on any atom is 0.550 e. The predicted octanol–water partition coefficient (Wildman–Crippen LogP) is 7.34. The van der Waals surface area contributed by atoms with Gasteiger partial charge in [-0.3, -0.25) is 0 Å². The molecule has 0 aliphatic heterocycles. The minimum atomic E-state index is -1.01. The molecular weight excluding hydrogens is 709 g/mol. The Bertz CT molecular complexity index is 1410. The first-order valence-corrected chi connectivity index (χ1v) is 22.5. The minimum absolute atomic E-state index is 0.279. The van der Waals surface area contributed by atoms with E-state index in [2.05, 4.69) is 48.9 Å². The third-order valence-electron chi connectivity index (χ3n) is 10.6. The average Bonchev–Trinajstić information content (AvgIpc) is 3.18. The van der Waals surface area contributed by atoms with Crippen LogP contribution in [0.25, 0.3) is 0 Å². The third-order valence-corrected chi connectivity index (χ3v) is 14.0. The minimum Gasteiger partial charge on any atom is -0.428 e. The van der Waals surface area contributed by atoms with Gasteiger partial charge in [0.25, 0.3) is 0 Å². The summed E-state index contributed by atoms with van der Waals surface area (Å²) in [6, 6.07) is 14.5. The molecule has 0 spiro atoms. The maximum atomic E-state index is 12.4. The molecule has 2 aliphatic carbocycles. The molecule has 0 saturated heterocycles. The van der Waals surface area contributed by atoms with Crippen LogP contribution < -0.4 is 10.4 Å². The molecule has 0 aromatic heterocycles. The highest BCUT2D eigenvalue weighted by Crippen LogP contribution is 2.37. The lowest BCUT2D eigenvalue weighted by molar-refractivity contribution is -0.208. The normalized spacial score (nSPS) is 20.0. The molecule has 2 aromatic rings. The van der Waals surface area contributed by atoms with Crippen LogP contribution in [0.15, 0.2) is 71.1 Å². The summed E-state index contributed by atoms with van der Waals surface area (Å²) in [4.78, 5) is 68.0. The van der Waals surface area contributed by atoms with E-state index < -0.39 is 43.3 Å². The molecule has 2 aromatic carbocycles. The van der Waals surface area contributed by atoms with Gasteiger partial charge in [0, 0.05) is 0 Å². The van der Waals surface area contributed by atoms with Crippen LogP contribution in [0.3, 0.4) is 0 Å². The number of benzene rings is 2. The molecule has 2 fully saturated rings. The Morgan fingerprint density at radius 1 is 0.528 bits per heavy atom. The summed E-state index contributed by atoms with van der Waals surface area (Å²) in [5, 5.41) is 2.44. The molecule has 10 nitrogen and oxygen atoms in total. The molecule has 0 radical (unpaired) electrons. The van der Waals surface area contributed by atoms with Crippen molar-refractivity contribution in [3.05, 3.63) is 82.2 Å². The van der Waals surface area contributed by atoms with E-state index in [0.29, 0.717) is 23.0 Å². The van der Waals surface area contributed by atoms with E-state index in [1.165, 1.54) is 21.5 Å². The standard InChI is InChI=1S/C41H56O10Si2/c1-5-28(6-2)26-52-36-21-13-32(14-22-36)38(42)48-50-40(44)46-34-17-9-30(10-18-34)25-31-11-19-35(20-12-31)47-41(45)51-49-39(43)33-15-23-37(24-16-33)53-27-29(7-3)8-4/h13-16,21-24,26-27,30-31,34-35H,5-12,17-20,25,52-53H2,1-4H3. The Kier molecular flexibility index (Phi) is 17.4. The van der Waals surface area contributed by atoms with Gasteiger partial charge in [-0.2, -0.15) is 9.59 Å². The van der Waals surface area contributed by atoms with Crippen LogP contribution in [0.4, 0.5) is 9.59 Å². The zero-order chi connectivity index (χ0) is 38.0. The van der Waals surface area contributed by atoms with E-state index in [4.69, 9.17) is 19.2 Å². The second kappa shape index (κ2) is 22.1. The first-order valence-electron chi connectivity index (χ1n) is 19.4. The fraction of sp³-hybridized carbons (Fsp3) is 0.512. The molecule has 4 rings (SSSR count). The van der Waals surface area contributed by atoms with Crippen molar-refractivity contribution in [1.29, 1.82) is 0 Å². The highest BCUT2D eigenvalue weighted by Gasteiger charge is 2.30. The summed E-state index contributed by atoms with van der Waals surface area (Å²) in [5.41, 5.74) is 8.23. The SMILES string of the molecule is CCC(=C[SiH2]c1ccc(C(=O)OOC(=O)OC2CCC(CC3CCC(OC(=O)OOC(=O)c4ccc([SiH2]C=C(CC)CC)cc4)CC3)CC2)cc1)CC. The van der Waals surface area contributed by atoms with E-state index >= 15 is 0 Å². The van der Waals surface area contributed by atoms with Crippen molar-refractivity contribution >= 4 is 53.7 Å². The first-order chi connectivity index (χ1) is 25.7. The van der Waals surface area contributed by atoms with Gasteiger partial charge in [-0.15, -0.1) is 0 Å². The molecular formula is C41H56O10Si2. The monoisotopic (exact) mass is 764 g/mol. The predicted molar refractivity (Wildman–Crippen MR) is 209 cm³/mol. The van der Waals surface area contributed by atoms with Crippen molar-refractivity contribution in [2.24, 2.45) is 11.8 Å². The summed E-state index contributed by atoms with van der Waals surface area (Å²) >= 11 is 0. The molecule has 12 heteroatoms. The molecule has 0 unspecified atom stereocenters. The summed E-state index contributed by atoms with van der Waals surface area (Å²) < 4.78 is 10.8. The van der Waals surface area contributed by atoms with Gasteiger partial charge < -0.3 is 9.47 Å². The molecule has 0 atom stereocenters. The van der Waals surface area contributed by atoms with Crippen LogP contribution in [0.2, 0.25) is 0 Å². The molecule has 0 bridgehead atoms. The Hall–Kier alpha value is -4.17. The van der Waals surface area contributed by atoms with Crippen molar-refractivity contribution in [2.75, 3.05) is 0 Å². The van der Waals surface area contributed by atoms with Gasteiger partial charge in [0.05, 0.1) is 30.2 Å². The number of hydrogen-bond donors (Lipinski definition) is 0. The molecule has 288 valence electrons. The van der Waals surface area contributed by atoms with E-state index in [1.807, 2.05) is 24.3 Å². The maximum absolute atomic E-state index is 12.4. The Morgan fingerprint density at radius 3 is 1.19 bits per heavy atom. The highest BCUT2D eigenvalue weighted by atomic mass is 28.2. The number of carbonyl (C=O) groups excluding carboxylic acids is 4. The first kappa shape index (κ1) is 41.6. The average molecular weight is 765 g/mol. The van der Waals surface area contributed by atoms with Crippen molar-refractivity contribution < 1.29 is 48.2 Å². The van der Waals surface area contributed by atoms with E-state index in [1.54, 1.807) is 24.3 Å². The summed E-state index contributed by atoms with van der Waals surface area (Å²) in [7, 11) is -1.09. The van der Waals surface area contributed by atoms with Crippen LogP contribution in [0, 0.1) is 11.8 Å².